The molecule has 0 aliphatic heterocycles. The topological polar surface area (TPSA) is 61.0 Å². The van der Waals surface area contributed by atoms with Crippen molar-refractivity contribution in [3.8, 4) is 11.6 Å². The molecule has 88 valence electrons. The maximum atomic E-state index is 5.72. The highest BCUT2D eigenvalue weighted by atomic mass is 16.5. The second kappa shape index (κ2) is 4.33. The minimum absolute atomic E-state index is 0.340. The summed E-state index contributed by atoms with van der Waals surface area (Å²) in [6, 6.07) is 13.9. The summed E-state index contributed by atoms with van der Waals surface area (Å²) in [6.45, 7) is 0. The van der Waals surface area contributed by atoms with E-state index in [1.807, 2.05) is 42.5 Å². The second-order valence-electron chi connectivity index (χ2n) is 3.86. The molecule has 4 nitrogen and oxygen atoms in total. The lowest BCUT2D eigenvalue weighted by Gasteiger charge is -2.07. The summed E-state index contributed by atoms with van der Waals surface area (Å²) < 4.78 is 5.72. The molecule has 0 saturated heterocycles. The lowest BCUT2D eigenvalue weighted by atomic mass is 10.1. The quantitative estimate of drug-likeness (QED) is 0.744. The molecule has 0 unspecified atom stereocenters. The van der Waals surface area contributed by atoms with Crippen LogP contribution in [0.3, 0.4) is 0 Å². The predicted molar refractivity (Wildman–Crippen MR) is 70.5 cm³/mol. The van der Waals surface area contributed by atoms with Gasteiger partial charge in [-0.2, -0.15) is 4.98 Å². The van der Waals surface area contributed by atoms with Gasteiger partial charge in [-0.1, -0.05) is 36.4 Å². The van der Waals surface area contributed by atoms with Gasteiger partial charge in [0.25, 0.3) is 0 Å². The van der Waals surface area contributed by atoms with Crippen LogP contribution in [-0.4, -0.2) is 9.97 Å². The van der Waals surface area contributed by atoms with Crippen LogP contribution in [0.15, 0.2) is 54.9 Å². The first-order chi connectivity index (χ1) is 8.83. The van der Waals surface area contributed by atoms with Gasteiger partial charge in [-0.05, 0) is 11.5 Å². The number of ether oxygens (including phenoxy) is 1. The van der Waals surface area contributed by atoms with Gasteiger partial charge in [0.2, 0.25) is 5.88 Å². The largest absolute Gasteiger partial charge is 0.437 e. The van der Waals surface area contributed by atoms with Crippen molar-refractivity contribution in [1.82, 2.24) is 9.97 Å². The molecule has 0 fully saturated rings. The van der Waals surface area contributed by atoms with E-state index in [1.165, 1.54) is 12.4 Å². The average Bonchev–Trinajstić information content (AvgIpc) is 2.39. The van der Waals surface area contributed by atoms with E-state index in [9.17, 15) is 0 Å². The van der Waals surface area contributed by atoms with Crippen molar-refractivity contribution >= 4 is 16.6 Å². The van der Waals surface area contributed by atoms with E-state index in [2.05, 4.69) is 9.97 Å². The Hall–Kier alpha value is -2.62. The summed E-state index contributed by atoms with van der Waals surface area (Å²) >= 11 is 0. The minimum atomic E-state index is 0.340. The van der Waals surface area contributed by atoms with Gasteiger partial charge in [-0.25, -0.2) is 0 Å². The summed E-state index contributed by atoms with van der Waals surface area (Å²) in [5.74, 6) is 1.48. The monoisotopic (exact) mass is 237 g/mol. The van der Waals surface area contributed by atoms with Gasteiger partial charge in [0, 0.05) is 5.39 Å². The molecule has 0 radical (unpaired) electrons. The fourth-order valence-corrected chi connectivity index (χ4v) is 1.81. The summed E-state index contributed by atoms with van der Waals surface area (Å²) in [6.07, 6.45) is 3.02. The molecule has 2 aromatic carbocycles. The maximum Gasteiger partial charge on any atom is 0.239 e. The Balaban J connectivity index is 2.05. The number of rotatable bonds is 2. The molecule has 0 spiro atoms. The molecule has 4 heteroatoms. The van der Waals surface area contributed by atoms with E-state index >= 15 is 0 Å². The van der Waals surface area contributed by atoms with E-state index in [0.717, 1.165) is 16.5 Å². The van der Waals surface area contributed by atoms with E-state index < -0.39 is 0 Å². The summed E-state index contributed by atoms with van der Waals surface area (Å²) in [4.78, 5) is 8.02. The van der Waals surface area contributed by atoms with E-state index in [0.29, 0.717) is 11.7 Å². The maximum absolute atomic E-state index is 5.72. The molecule has 3 aromatic rings. The zero-order chi connectivity index (χ0) is 12.4. The Morgan fingerprint density at radius 2 is 1.78 bits per heavy atom. The van der Waals surface area contributed by atoms with Crippen molar-refractivity contribution in [3.05, 3.63) is 54.9 Å². The zero-order valence-corrected chi connectivity index (χ0v) is 9.58. The van der Waals surface area contributed by atoms with E-state index in [1.54, 1.807) is 0 Å². The molecule has 18 heavy (non-hydrogen) atoms. The van der Waals surface area contributed by atoms with Gasteiger partial charge in [0.15, 0.2) is 0 Å². The van der Waals surface area contributed by atoms with Crippen LogP contribution in [-0.2, 0) is 0 Å². The molecule has 0 bridgehead atoms. The van der Waals surface area contributed by atoms with Gasteiger partial charge >= 0.3 is 0 Å². The van der Waals surface area contributed by atoms with Crippen molar-refractivity contribution in [1.29, 1.82) is 0 Å². The number of hydrogen-bond acceptors (Lipinski definition) is 4. The third-order valence-electron chi connectivity index (χ3n) is 2.60. The minimum Gasteiger partial charge on any atom is -0.437 e. The molecule has 1 aromatic heterocycles. The van der Waals surface area contributed by atoms with Crippen LogP contribution in [0.5, 0.6) is 11.6 Å². The average molecular weight is 237 g/mol. The van der Waals surface area contributed by atoms with Crippen molar-refractivity contribution < 1.29 is 4.74 Å². The number of nitrogen functional groups attached to an aromatic ring is 1. The fourth-order valence-electron chi connectivity index (χ4n) is 1.81. The van der Waals surface area contributed by atoms with Crippen LogP contribution in [0, 0.1) is 0 Å². The van der Waals surface area contributed by atoms with Crippen LogP contribution >= 0.6 is 0 Å². The van der Waals surface area contributed by atoms with E-state index in [4.69, 9.17) is 10.5 Å². The zero-order valence-electron chi connectivity index (χ0n) is 9.58. The SMILES string of the molecule is Nc1cncc(Oc2cccc3ccccc23)n1. The Kier molecular flexibility index (Phi) is 2.53. The highest BCUT2D eigenvalue weighted by Crippen LogP contribution is 2.28. The number of anilines is 1. The number of nitrogens with two attached hydrogens (primary N) is 1. The number of hydrogen-bond donors (Lipinski definition) is 1. The van der Waals surface area contributed by atoms with Gasteiger partial charge in [-0.15, -0.1) is 0 Å². The van der Waals surface area contributed by atoms with Crippen molar-refractivity contribution in [2.45, 2.75) is 0 Å². The van der Waals surface area contributed by atoms with Gasteiger partial charge in [0.05, 0.1) is 12.4 Å². The Bertz CT molecular complexity index is 692. The first-order valence-electron chi connectivity index (χ1n) is 5.56. The van der Waals surface area contributed by atoms with Crippen LogP contribution in [0.1, 0.15) is 0 Å². The summed E-state index contributed by atoms with van der Waals surface area (Å²) in [7, 11) is 0. The lowest BCUT2D eigenvalue weighted by molar-refractivity contribution is 0.466. The van der Waals surface area contributed by atoms with Crippen LogP contribution < -0.4 is 10.5 Å². The highest BCUT2D eigenvalue weighted by molar-refractivity contribution is 5.88. The lowest BCUT2D eigenvalue weighted by Crippen LogP contribution is -1.94. The van der Waals surface area contributed by atoms with E-state index in [-0.39, 0.29) is 0 Å². The second-order valence-corrected chi connectivity index (χ2v) is 3.86. The normalized spacial score (nSPS) is 10.4. The van der Waals surface area contributed by atoms with Crippen LogP contribution in [0.4, 0.5) is 5.82 Å². The molecule has 0 saturated carbocycles. The molecule has 3 rings (SSSR count). The first-order valence-corrected chi connectivity index (χ1v) is 5.56. The van der Waals surface area contributed by atoms with Crippen molar-refractivity contribution in [3.63, 3.8) is 0 Å². The van der Waals surface area contributed by atoms with Gasteiger partial charge < -0.3 is 10.5 Å². The molecule has 0 aliphatic rings. The third kappa shape index (κ3) is 1.96. The Morgan fingerprint density at radius 1 is 0.944 bits per heavy atom. The Morgan fingerprint density at radius 3 is 2.67 bits per heavy atom. The molecular weight excluding hydrogens is 226 g/mol. The smallest absolute Gasteiger partial charge is 0.239 e. The summed E-state index contributed by atoms with van der Waals surface area (Å²) in [5.41, 5.74) is 5.57. The first kappa shape index (κ1) is 10.5. The molecule has 2 N–H and O–H groups in total. The van der Waals surface area contributed by atoms with Gasteiger partial charge in [-0.3, -0.25) is 4.98 Å². The molecular formula is C14H11N3O. The molecule has 1 heterocycles. The van der Waals surface area contributed by atoms with Crippen LogP contribution in [0.2, 0.25) is 0 Å². The molecule has 0 atom stereocenters. The summed E-state index contributed by atoms with van der Waals surface area (Å²) in [5, 5.41) is 2.15. The number of benzene rings is 2. The standard InChI is InChI=1S/C14H11N3O/c15-13-8-16-9-14(17-13)18-12-7-3-5-10-4-1-2-6-11(10)12/h1-9H,(H2,15,17). The van der Waals surface area contributed by atoms with Crippen molar-refractivity contribution in [2.24, 2.45) is 0 Å². The fraction of sp³-hybridized carbons (Fsp3) is 0. The molecule has 0 amide bonds. The Labute approximate surface area is 104 Å². The third-order valence-corrected chi connectivity index (χ3v) is 2.60. The number of fused-ring (bicyclic) bond motifs is 1. The van der Waals surface area contributed by atoms with Gasteiger partial charge in [0.1, 0.15) is 11.6 Å². The molecule has 0 aliphatic carbocycles. The predicted octanol–water partition coefficient (Wildman–Crippen LogP) is 3.00. The number of nitrogens with zero attached hydrogens (tertiary/aromatic N) is 2. The highest BCUT2D eigenvalue weighted by Gasteiger charge is 2.04. The number of aromatic nitrogens is 2. The van der Waals surface area contributed by atoms with Crippen molar-refractivity contribution in [2.75, 3.05) is 5.73 Å². The van der Waals surface area contributed by atoms with Crippen LogP contribution in [0.25, 0.3) is 10.8 Å².